The highest BCUT2D eigenvalue weighted by Gasteiger charge is 2.51. The van der Waals surface area contributed by atoms with E-state index in [4.69, 9.17) is 18.5 Å². The summed E-state index contributed by atoms with van der Waals surface area (Å²) >= 11 is 0. The van der Waals surface area contributed by atoms with Gasteiger partial charge in [-0.25, -0.2) is 4.57 Å². The SMILES string of the molecule is CCC/C=C\CCCCCCCC(=O)OC(COCCCCCCCCCC/C=C\CCCCCCCCC)COP(=O)(O)OC1C(O)C(O)C(O)C(O)C1O. The summed E-state index contributed by atoms with van der Waals surface area (Å²) in [6, 6.07) is 0. The molecule has 6 atom stereocenters. The highest BCUT2D eigenvalue weighted by Crippen LogP contribution is 2.47. The molecule has 1 saturated carbocycles. The fraction of sp³-hybridized carbons (Fsp3) is 0.884. The number of hydrogen-bond donors (Lipinski definition) is 6. The summed E-state index contributed by atoms with van der Waals surface area (Å²) in [5.41, 5.74) is 0. The Morgan fingerprint density at radius 1 is 0.554 bits per heavy atom. The zero-order valence-electron chi connectivity index (χ0n) is 34.9. The van der Waals surface area contributed by atoms with Crippen LogP contribution in [0.2, 0.25) is 0 Å². The Kier molecular flexibility index (Phi) is 32.7. The number of phosphoric ester groups is 1. The predicted molar refractivity (Wildman–Crippen MR) is 221 cm³/mol. The second-order valence-corrected chi connectivity index (χ2v) is 16.9. The lowest BCUT2D eigenvalue weighted by Gasteiger charge is -2.41. The van der Waals surface area contributed by atoms with Gasteiger partial charge in [0.15, 0.2) is 0 Å². The first kappa shape index (κ1) is 52.8. The number of ether oxygens (including phenoxy) is 2. The highest BCUT2D eigenvalue weighted by molar-refractivity contribution is 7.47. The van der Waals surface area contributed by atoms with Crippen molar-refractivity contribution in [3.8, 4) is 0 Å². The Morgan fingerprint density at radius 3 is 1.48 bits per heavy atom. The van der Waals surface area contributed by atoms with Crippen LogP contribution in [0.5, 0.6) is 0 Å². The number of esters is 1. The number of aliphatic hydroxyl groups is 5. The van der Waals surface area contributed by atoms with Crippen molar-refractivity contribution in [1.82, 2.24) is 0 Å². The van der Waals surface area contributed by atoms with Gasteiger partial charge in [-0.05, 0) is 57.8 Å². The maximum atomic E-state index is 12.8. The monoisotopic (exact) mass is 821 g/mol. The molecule has 0 spiro atoms. The quantitative estimate of drug-likeness (QED) is 0.0152. The molecule has 0 aromatic heterocycles. The maximum Gasteiger partial charge on any atom is 0.472 e. The molecule has 56 heavy (non-hydrogen) atoms. The van der Waals surface area contributed by atoms with Crippen molar-refractivity contribution >= 4 is 13.8 Å². The Balaban J connectivity index is 2.37. The van der Waals surface area contributed by atoms with Crippen LogP contribution in [0.15, 0.2) is 24.3 Å². The molecular formula is C43H81O12P. The molecule has 0 amide bonds. The summed E-state index contributed by atoms with van der Waals surface area (Å²) in [5, 5.41) is 50.1. The molecule has 0 saturated heterocycles. The highest BCUT2D eigenvalue weighted by atomic mass is 31.2. The molecule has 330 valence electrons. The molecule has 13 heteroatoms. The van der Waals surface area contributed by atoms with Gasteiger partial charge in [0.05, 0.1) is 13.2 Å². The van der Waals surface area contributed by atoms with Crippen molar-refractivity contribution in [2.75, 3.05) is 19.8 Å². The average Bonchev–Trinajstić information content (AvgIpc) is 3.18. The van der Waals surface area contributed by atoms with E-state index in [1.807, 2.05) is 0 Å². The topological polar surface area (TPSA) is 192 Å². The third-order valence-corrected chi connectivity index (χ3v) is 11.3. The van der Waals surface area contributed by atoms with Gasteiger partial charge in [0.2, 0.25) is 0 Å². The van der Waals surface area contributed by atoms with Crippen LogP contribution in [0.25, 0.3) is 0 Å². The molecule has 1 aliphatic carbocycles. The van der Waals surface area contributed by atoms with E-state index in [0.29, 0.717) is 13.0 Å². The Hall–Kier alpha value is -1.18. The number of rotatable bonds is 37. The van der Waals surface area contributed by atoms with E-state index in [2.05, 4.69) is 38.2 Å². The van der Waals surface area contributed by atoms with Crippen LogP contribution in [0, 0.1) is 0 Å². The van der Waals surface area contributed by atoms with Gasteiger partial charge < -0.3 is 39.9 Å². The standard InChI is InChI=1S/C43H81O12P/c1-3-5-7-9-11-13-15-16-17-18-19-20-21-22-23-25-27-29-31-33-52-34-36(54-37(44)32-30-28-26-24-14-12-10-8-6-4-2)35-53-56(50,51)55-43-41(48)39(46)38(45)40(47)42(43)49/h8,10,17-18,36,38-43,45-49H,3-7,9,11-16,19-35H2,1-2H3,(H,50,51)/b10-8-,18-17-. The van der Waals surface area contributed by atoms with Crippen molar-refractivity contribution < 1.29 is 58.3 Å². The van der Waals surface area contributed by atoms with Gasteiger partial charge in [0, 0.05) is 13.0 Å². The van der Waals surface area contributed by atoms with E-state index in [9.17, 15) is 39.8 Å². The van der Waals surface area contributed by atoms with Crippen LogP contribution in [-0.4, -0.2) is 98.9 Å². The lowest BCUT2D eigenvalue weighted by molar-refractivity contribution is -0.220. The molecule has 0 aromatic rings. The molecule has 0 aliphatic heterocycles. The van der Waals surface area contributed by atoms with Crippen LogP contribution < -0.4 is 0 Å². The molecule has 0 bridgehead atoms. The zero-order valence-corrected chi connectivity index (χ0v) is 35.8. The van der Waals surface area contributed by atoms with Crippen molar-refractivity contribution in [3.05, 3.63) is 24.3 Å². The molecule has 0 radical (unpaired) electrons. The van der Waals surface area contributed by atoms with Gasteiger partial charge in [-0.15, -0.1) is 0 Å². The van der Waals surface area contributed by atoms with Crippen LogP contribution in [0.3, 0.4) is 0 Å². The van der Waals surface area contributed by atoms with Crippen LogP contribution in [-0.2, 0) is 27.9 Å². The smallest absolute Gasteiger partial charge is 0.457 e. The number of aliphatic hydroxyl groups excluding tert-OH is 5. The minimum absolute atomic E-state index is 0.0803. The molecular weight excluding hydrogens is 739 g/mol. The van der Waals surface area contributed by atoms with E-state index in [1.54, 1.807) is 0 Å². The molecule has 1 fully saturated rings. The first-order valence-corrected chi connectivity index (χ1v) is 23.7. The minimum atomic E-state index is -5.01. The third-order valence-electron chi connectivity index (χ3n) is 10.3. The van der Waals surface area contributed by atoms with Gasteiger partial charge in [0.1, 0.15) is 42.7 Å². The van der Waals surface area contributed by atoms with Crippen molar-refractivity contribution in [2.24, 2.45) is 0 Å². The first-order valence-electron chi connectivity index (χ1n) is 22.2. The first-order chi connectivity index (χ1) is 27.0. The second kappa shape index (κ2) is 34.7. The molecule has 1 aliphatic rings. The van der Waals surface area contributed by atoms with E-state index in [0.717, 1.165) is 64.2 Å². The van der Waals surface area contributed by atoms with E-state index in [-0.39, 0.29) is 13.0 Å². The molecule has 6 unspecified atom stereocenters. The van der Waals surface area contributed by atoms with Crippen LogP contribution >= 0.6 is 7.82 Å². The molecule has 0 heterocycles. The average molecular weight is 821 g/mol. The Morgan fingerprint density at radius 2 is 0.982 bits per heavy atom. The number of unbranched alkanes of at least 4 members (excludes halogenated alkanes) is 21. The van der Waals surface area contributed by atoms with Gasteiger partial charge in [-0.3, -0.25) is 13.8 Å². The number of carbonyl (C=O) groups excluding carboxylic acids is 1. The molecule has 6 N–H and O–H groups in total. The van der Waals surface area contributed by atoms with E-state index >= 15 is 0 Å². The Labute approximate surface area is 339 Å². The van der Waals surface area contributed by atoms with Crippen molar-refractivity contribution in [2.45, 2.75) is 224 Å². The lowest BCUT2D eigenvalue weighted by atomic mass is 9.85. The normalized spacial score (nSPS) is 23.2. The summed E-state index contributed by atoms with van der Waals surface area (Å²) in [6.07, 6.45) is 25.5. The summed E-state index contributed by atoms with van der Waals surface area (Å²) in [6.45, 7) is 4.17. The van der Waals surface area contributed by atoms with Gasteiger partial charge in [0.25, 0.3) is 0 Å². The number of allylic oxidation sites excluding steroid dienone is 4. The summed E-state index contributed by atoms with van der Waals surface area (Å²) in [7, 11) is -5.01. The van der Waals surface area contributed by atoms with E-state index < -0.39 is 63.1 Å². The maximum absolute atomic E-state index is 12.8. The van der Waals surface area contributed by atoms with Gasteiger partial charge in [-0.1, -0.05) is 141 Å². The summed E-state index contributed by atoms with van der Waals surface area (Å²) in [4.78, 5) is 23.0. The lowest BCUT2D eigenvalue weighted by Crippen LogP contribution is -2.64. The fourth-order valence-electron chi connectivity index (χ4n) is 6.70. The van der Waals surface area contributed by atoms with Crippen LogP contribution in [0.4, 0.5) is 0 Å². The fourth-order valence-corrected chi connectivity index (χ4v) is 7.68. The zero-order chi connectivity index (χ0) is 41.3. The predicted octanol–water partition coefficient (Wildman–Crippen LogP) is 8.53. The summed E-state index contributed by atoms with van der Waals surface area (Å²) < 4.78 is 34.1. The van der Waals surface area contributed by atoms with Crippen molar-refractivity contribution in [1.29, 1.82) is 0 Å². The van der Waals surface area contributed by atoms with Crippen molar-refractivity contribution in [3.63, 3.8) is 0 Å². The molecule has 1 rings (SSSR count). The molecule has 12 nitrogen and oxygen atoms in total. The molecule has 0 aromatic carbocycles. The number of hydrogen-bond acceptors (Lipinski definition) is 11. The van der Waals surface area contributed by atoms with Gasteiger partial charge in [-0.2, -0.15) is 0 Å². The number of carbonyl (C=O) groups is 1. The van der Waals surface area contributed by atoms with Gasteiger partial charge >= 0.3 is 13.8 Å². The largest absolute Gasteiger partial charge is 0.472 e. The summed E-state index contributed by atoms with van der Waals surface area (Å²) in [5.74, 6) is -0.490. The van der Waals surface area contributed by atoms with E-state index in [1.165, 1.54) is 89.9 Å². The third kappa shape index (κ3) is 26.7. The Bertz CT molecular complexity index is 1030. The number of phosphoric acid groups is 1. The minimum Gasteiger partial charge on any atom is -0.457 e. The second-order valence-electron chi connectivity index (χ2n) is 15.5. The van der Waals surface area contributed by atoms with Crippen LogP contribution in [0.1, 0.15) is 181 Å².